The molecule has 0 saturated heterocycles. The third-order valence-corrected chi connectivity index (χ3v) is 5.45. The van der Waals surface area contributed by atoms with E-state index in [0.717, 1.165) is 23.8 Å². The van der Waals surface area contributed by atoms with Crippen molar-refractivity contribution >= 4 is 17.2 Å². The van der Waals surface area contributed by atoms with Crippen LogP contribution >= 0.6 is 11.3 Å². The summed E-state index contributed by atoms with van der Waals surface area (Å²) in [6.07, 6.45) is 4.19. The van der Waals surface area contributed by atoms with E-state index < -0.39 is 0 Å². The number of carbonyl (C=O) groups excluding carboxylic acids is 1. The molecule has 1 amide bonds. The number of rotatable bonds is 9. The van der Waals surface area contributed by atoms with Gasteiger partial charge in [0.25, 0.3) is 5.19 Å². The highest BCUT2D eigenvalue weighted by Crippen LogP contribution is 2.35. The fourth-order valence-corrected chi connectivity index (χ4v) is 3.53. The summed E-state index contributed by atoms with van der Waals surface area (Å²) in [4.78, 5) is 15.5. The molecular weight excluding hydrogens is 400 g/mol. The molecule has 1 N–H and O–H groups in total. The summed E-state index contributed by atoms with van der Waals surface area (Å²) in [5, 5.41) is 4.00. The number of nitrogens with zero attached hydrogens (tertiary/aromatic N) is 1. The number of carbonyl (C=O) groups is 1. The maximum atomic E-state index is 11.2. The van der Waals surface area contributed by atoms with Gasteiger partial charge >= 0.3 is 0 Å². The second-order valence-electron chi connectivity index (χ2n) is 7.37. The Labute approximate surface area is 179 Å². The Hall–Kier alpha value is -3.06. The standard InChI is InChI=1S/C23H24N2O4S/c1-15(25-16(2)26)18-5-7-20(8-6-18)28-22-13-24-23(30-22)29-21-11-9-19(10-12-21)27-14-17-3-4-17/h5-13,15,17H,3-4,14H2,1-2H3,(H,25,26). The molecule has 1 aliphatic rings. The van der Waals surface area contributed by atoms with Crippen molar-refractivity contribution in [3.05, 3.63) is 60.3 Å². The number of amides is 1. The van der Waals surface area contributed by atoms with Crippen molar-refractivity contribution in [2.45, 2.75) is 32.7 Å². The fourth-order valence-electron chi connectivity index (χ4n) is 2.87. The highest BCUT2D eigenvalue weighted by atomic mass is 32.1. The van der Waals surface area contributed by atoms with Crippen molar-refractivity contribution in [1.82, 2.24) is 10.3 Å². The summed E-state index contributed by atoms with van der Waals surface area (Å²) in [6.45, 7) is 4.24. The first kappa shape index (κ1) is 20.2. The van der Waals surface area contributed by atoms with Gasteiger partial charge in [-0.3, -0.25) is 4.79 Å². The minimum atomic E-state index is -0.0551. The maximum absolute atomic E-state index is 11.2. The lowest BCUT2D eigenvalue weighted by atomic mass is 10.1. The molecular formula is C23H24N2O4S. The zero-order chi connectivity index (χ0) is 20.9. The van der Waals surface area contributed by atoms with Crippen LogP contribution in [-0.4, -0.2) is 17.5 Å². The zero-order valence-corrected chi connectivity index (χ0v) is 17.8. The van der Waals surface area contributed by atoms with Crippen molar-refractivity contribution in [3.8, 4) is 27.5 Å². The molecule has 1 unspecified atom stereocenters. The van der Waals surface area contributed by atoms with Crippen LogP contribution in [0, 0.1) is 5.92 Å². The lowest BCUT2D eigenvalue weighted by Gasteiger charge is -2.13. The molecule has 1 heterocycles. The van der Waals surface area contributed by atoms with Crippen LogP contribution in [0.3, 0.4) is 0 Å². The molecule has 1 saturated carbocycles. The van der Waals surface area contributed by atoms with E-state index in [0.29, 0.717) is 21.8 Å². The lowest BCUT2D eigenvalue weighted by molar-refractivity contribution is -0.119. The van der Waals surface area contributed by atoms with Gasteiger partial charge in [0.05, 0.1) is 18.8 Å². The number of aromatic nitrogens is 1. The molecule has 3 aromatic rings. The molecule has 0 spiro atoms. The molecule has 6 nitrogen and oxygen atoms in total. The van der Waals surface area contributed by atoms with Crippen molar-refractivity contribution in [1.29, 1.82) is 0 Å². The fraction of sp³-hybridized carbons (Fsp3) is 0.304. The van der Waals surface area contributed by atoms with Gasteiger partial charge in [-0.15, -0.1) is 0 Å². The summed E-state index contributed by atoms with van der Waals surface area (Å²) in [7, 11) is 0. The smallest absolute Gasteiger partial charge is 0.282 e. The first-order valence-electron chi connectivity index (χ1n) is 9.96. The molecule has 1 fully saturated rings. The molecule has 2 aromatic carbocycles. The average molecular weight is 425 g/mol. The molecule has 7 heteroatoms. The number of benzene rings is 2. The highest BCUT2D eigenvalue weighted by molar-refractivity contribution is 7.15. The van der Waals surface area contributed by atoms with E-state index in [1.165, 1.54) is 31.1 Å². The van der Waals surface area contributed by atoms with Gasteiger partial charge in [0.2, 0.25) is 11.0 Å². The van der Waals surface area contributed by atoms with Crippen LogP contribution in [-0.2, 0) is 4.79 Å². The minimum Gasteiger partial charge on any atom is -0.493 e. The molecule has 0 aliphatic heterocycles. The minimum absolute atomic E-state index is 0.0505. The Balaban J connectivity index is 1.31. The predicted molar refractivity (Wildman–Crippen MR) is 116 cm³/mol. The molecule has 0 radical (unpaired) electrons. The van der Waals surface area contributed by atoms with Gasteiger partial charge in [-0.05, 0) is 79.0 Å². The van der Waals surface area contributed by atoms with E-state index in [1.54, 1.807) is 6.20 Å². The summed E-state index contributed by atoms with van der Waals surface area (Å²) in [5.41, 5.74) is 1.01. The summed E-state index contributed by atoms with van der Waals surface area (Å²) < 4.78 is 17.4. The van der Waals surface area contributed by atoms with E-state index in [4.69, 9.17) is 14.2 Å². The summed E-state index contributed by atoms with van der Waals surface area (Å²) in [6, 6.07) is 15.1. The third kappa shape index (κ3) is 5.73. The van der Waals surface area contributed by atoms with Crippen LogP contribution in [0.2, 0.25) is 0 Å². The van der Waals surface area contributed by atoms with E-state index in [2.05, 4.69) is 10.3 Å². The highest BCUT2D eigenvalue weighted by Gasteiger charge is 2.21. The molecule has 1 aliphatic carbocycles. The second-order valence-corrected chi connectivity index (χ2v) is 8.32. The first-order chi connectivity index (χ1) is 14.5. The van der Waals surface area contributed by atoms with Crippen molar-refractivity contribution in [2.75, 3.05) is 6.61 Å². The largest absolute Gasteiger partial charge is 0.493 e. The number of thiazole rings is 1. The Morgan fingerprint density at radius 1 is 1.07 bits per heavy atom. The van der Waals surface area contributed by atoms with Crippen LogP contribution in [0.4, 0.5) is 0 Å². The van der Waals surface area contributed by atoms with Gasteiger partial charge < -0.3 is 19.5 Å². The molecule has 1 aromatic heterocycles. The number of ether oxygens (including phenoxy) is 3. The van der Waals surface area contributed by atoms with Crippen molar-refractivity contribution < 1.29 is 19.0 Å². The van der Waals surface area contributed by atoms with Crippen molar-refractivity contribution in [3.63, 3.8) is 0 Å². The Kier molecular flexibility index (Phi) is 6.18. The number of nitrogens with one attached hydrogen (secondary N) is 1. The molecule has 4 rings (SSSR count). The zero-order valence-electron chi connectivity index (χ0n) is 17.0. The Morgan fingerprint density at radius 3 is 2.37 bits per heavy atom. The van der Waals surface area contributed by atoms with Crippen LogP contribution in [0.15, 0.2) is 54.7 Å². The molecule has 156 valence electrons. The number of hydrogen-bond acceptors (Lipinski definition) is 6. The van der Waals surface area contributed by atoms with E-state index in [1.807, 2.05) is 55.5 Å². The summed E-state index contributed by atoms with van der Waals surface area (Å²) >= 11 is 1.32. The van der Waals surface area contributed by atoms with E-state index in [-0.39, 0.29) is 11.9 Å². The van der Waals surface area contributed by atoms with Crippen LogP contribution < -0.4 is 19.5 Å². The third-order valence-electron chi connectivity index (χ3n) is 4.69. The Morgan fingerprint density at radius 2 is 1.70 bits per heavy atom. The van der Waals surface area contributed by atoms with Gasteiger partial charge in [0.1, 0.15) is 17.2 Å². The van der Waals surface area contributed by atoms with E-state index in [9.17, 15) is 4.79 Å². The summed E-state index contributed by atoms with van der Waals surface area (Å²) in [5.74, 6) is 2.92. The molecule has 0 bridgehead atoms. The van der Waals surface area contributed by atoms with Crippen LogP contribution in [0.25, 0.3) is 0 Å². The second kappa shape index (κ2) is 9.17. The quantitative estimate of drug-likeness (QED) is 0.476. The molecule has 30 heavy (non-hydrogen) atoms. The van der Waals surface area contributed by atoms with Crippen molar-refractivity contribution in [2.24, 2.45) is 5.92 Å². The topological polar surface area (TPSA) is 69.7 Å². The average Bonchev–Trinajstić information content (AvgIpc) is 3.46. The molecule has 1 atom stereocenters. The SMILES string of the molecule is CC(=O)NC(C)c1ccc(Oc2cnc(Oc3ccc(OCC4CC4)cc3)s2)cc1. The maximum Gasteiger partial charge on any atom is 0.282 e. The van der Waals surface area contributed by atoms with Gasteiger partial charge in [-0.2, -0.15) is 0 Å². The van der Waals surface area contributed by atoms with Gasteiger partial charge in [0, 0.05) is 6.92 Å². The first-order valence-corrected chi connectivity index (χ1v) is 10.8. The van der Waals surface area contributed by atoms with Crippen LogP contribution in [0.5, 0.6) is 27.5 Å². The van der Waals surface area contributed by atoms with Crippen LogP contribution in [0.1, 0.15) is 38.3 Å². The van der Waals surface area contributed by atoms with E-state index >= 15 is 0 Å². The van der Waals surface area contributed by atoms with Gasteiger partial charge in [-0.1, -0.05) is 12.1 Å². The Bertz CT molecular complexity index is 981. The lowest BCUT2D eigenvalue weighted by Crippen LogP contribution is -2.23. The monoisotopic (exact) mass is 424 g/mol. The number of hydrogen-bond donors (Lipinski definition) is 1. The predicted octanol–water partition coefficient (Wildman–Crippen LogP) is 5.71. The van der Waals surface area contributed by atoms with Gasteiger partial charge in [-0.25, -0.2) is 4.98 Å². The van der Waals surface area contributed by atoms with Gasteiger partial charge in [0.15, 0.2) is 0 Å². The normalized spacial score (nSPS) is 14.1.